The van der Waals surface area contributed by atoms with E-state index in [0.29, 0.717) is 11.6 Å². The topological polar surface area (TPSA) is 33.2 Å². The van der Waals surface area contributed by atoms with Crippen molar-refractivity contribution in [2.24, 2.45) is 5.92 Å². The van der Waals surface area contributed by atoms with Gasteiger partial charge in [-0.3, -0.25) is 4.79 Å². The molecule has 3 nitrogen and oxygen atoms in total. The van der Waals surface area contributed by atoms with Gasteiger partial charge in [-0.25, -0.2) is 4.98 Å². The van der Waals surface area contributed by atoms with Gasteiger partial charge in [0.25, 0.3) is 5.91 Å². The summed E-state index contributed by atoms with van der Waals surface area (Å²) in [7, 11) is 0. The van der Waals surface area contributed by atoms with Crippen LogP contribution in [-0.2, 0) is 0 Å². The van der Waals surface area contributed by atoms with Crippen LogP contribution in [0.25, 0.3) is 0 Å². The predicted octanol–water partition coefficient (Wildman–Crippen LogP) is 3.10. The molecule has 0 saturated heterocycles. The van der Waals surface area contributed by atoms with Gasteiger partial charge in [0, 0.05) is 23.3 Å². The van der Waals surface area contributed by atoms with Crippen LogP contribution in [0.2, 0.25) is 0 Å². The zero-order chi connectivity index (χ0) is 12.4. The smallest absolute Gasteiger partial charge is 0.273 e. The average molecular weight is 297 g/mol. The highest BCUT2D eigenvalue weighted by Gasteiger charge is 2.29. The van der Waals surface area contributed by atoms with Gasteiger partial charge in [-0.2, -0.15) is 0 Å². The van der Waals surface area contributed by atoms with Crippen LogP contribution in [0.3, 0.4) is 0 Å². The van der Waals surface area contributed by atoms with Crippen molar-refractivity contribution in [1.82, 2.24) is 9.88 Å². The summed E-state index contributed by atoms with van der Waals surface area (Å²) in [5.74, 6) is 0.725. The lowest BCUT2D eigenvalue weighted by Gasteiger charge is -2.26. The van der Waals surface area contributed by atoms with Gasteiger partial charge in [-0.1, -0.05) is 0 Å². The molecule has 0 aliphatic heterocycles. The maximum Gasteiger partial charge on any atom is 0.273 e. The quantitative estimate of drug-likeness (QED) is 0.855. The van der Waals surface area contributed by atoms with E-state index in [1.165, 1.54) is 12.8 Å². The number of halogens is 1. The number of nitrogens with zero attached hydrogens (tertiary/aromatic N) is 2. The second-order valence-electron chi connectivity index (χ2n) is 4.83. The average Bonchev–Trinajstić information content (AvgIpc) is 3.09. The summed E-state index contributed by atoms with van der Waals surface area (Å²) in [6, 6.07) is 3.90. The molecule has 0 radical (unpaired) electrons. The minimum absolute atomic E-state index is 0.0272. The molecule has 0 atom stereocenters. The monoisotopic (exact) mass is 296 g/mol. The molecule has 0 unspecified atom stereocenters. The Kier molecular flexibility index (Phi) is 3.82. The lowest BCUT2D eigenvalue weighted by Crippen LogP contribution is -2.39. The van der Waals surface area contributed by atoms with Crippen LogP contribution in [0.4, 0.5) is 0 Å². The molecule has 1 aliphatic rings. The van der Waals surface area contributed by atoms with E-state index in [9.17, 15) is 4.79 Å². The number of hydrogen-bond donors (Lipinski definition) is 0. The van der Waals surface area contributed by atoms with Crippen molar-refractivity contribution in [3.63, 3.8) is 0 Å². The van der Waals surface area contributed by atoms with E-state index in [-0.39, 0.29) is 11.9 Å². The fourth-order valence-electron chi connectivity index (χ4n) is 1.79. The Hall–Kier alpha value is -0.900. The third kappa shape index (κ3) is 3.06. The van der Waals surface area contributed by atoms with Crippen LogP contribution >= 0.6 is 15.9 Å². The highest BCUT2D eigenvalue weighted by Crippen LogP contribution is 2.31. The summed E-state index contributed by atoms with van der Waals surface area (Å²) in [5.41, 5.74) is 0.516. The molecule has 1 amide bonds. The molecule has 2 rings (SSSR count). The van der Waals surface area contributed by atoms with Crippen LogP contribution in [0.1, 0.15) is 37.2 Å². The van der Waals surface area contributed by atoms with Crippen molar-refractivity contribution in [2.75, 3.05) is 6.54 Å². The summed E-state index contributed by atoms with van der Waals surface area (Å²) in [4.78, 5) is 18.5. The van der Waals surface area contributed by atoms with E-state index in [4.69, 9.17) is 0 Å². The molecular formula is C13H17BrN2O. The molecule has 0 aromatic carbocycles. The van der Waals surface area contributed by atoms with Gasteiger partial charge in [-0.15, -0.1) is 0 Å². The first-order valence-corrected chi connectivity index (χ1v) is 6.80. The number of aromatic nitrogens is 1. The molecule has 17 heavy (non-hydrogen) atoms. The fraction of sp³-hybridized carbons (Fsp3) is 0.538. The molecule has 1 aromatic heterocycles. The van der Waals surface area contributed by atoms with Crippen molar-refractivity contribution in [1.29, 1.82) is 0 Å². The Morgan fingerprint density at radius 3 is 2.82 bits per heavy atom. The molecule has 0 bridgehead atoms. The summed E-state index contributed by atoms with van der Waals surface area (Å²) in [5, 5.41) is 0. The number of pyridine rings is 1. The zero-order valence-corrected chi connectivity index (χ0v) is 11.8. The molecule has 4 heteroatoms. The van der Waals surface area contributed by atoms with Gasteiger partial charge < -0.3 is 4.90 Å². The Balaban J connectivity index is 2.18. The van der Waals surface area contributed by atoms with E-state index >= 15 is 0 Å². The van der Waals surface area contributed by atoms with Gasteiger partial charge in [0.05, 0.1) is 0 Å². The van der Waals surface area contributed by atoms with Gasteiger partial charge in [0.2, 0.25) is 0 Å². The van der Waals surface area contributed by atoms with Gasteiger partial charge >= 0.3 is 0 Å². The lowest BCUT2D eigenvalue weighted by atomic mass is 10.2. The molecule has 1 aromatic rings. The van der Waals surface area contributed by atoms with E-state index < -0.39 is 0 Å². The Morgan fingerprint density at radius 2 is 2.29 bits per heavy atom. The minimum atomic E-state index is 0.0272. The van der Waals surface area contributed by atoms with Crippen molar-refractivity contribution < 1.29 is 4.79 Å². The zero-order valence-electron chi connectivity index (χ0n) is 10.2. The van der Waals surface area contributed by atoms with E-state index in [2.05, 4.69) is 34.8 Å². The van der Waals surface area contributed by atoms with Gasteiger partial charge in [0.15, 0.2) is 0 Å². The number of carbonyl (C=O) groups is 1. The molecule has 0 N–H and O–H groups in total. The third-order valence-corrected chi connectivity index (χ3v) is 3.64. The molecule has 0 spiro atoms. The molecular weight excluding hydrogens is 280 g/mol. The van der Waals surface area contributed by atoms with Crippen LogP contribution in [0, 0.1) is 5.92 Å². The van der Waals surface area contributed by atoms with Crippen LogP contribution in [-0.4, -0.2) is 28.4 Å². The first-order valence-electron chi connectivity index (χ1n) is 6.01. The predicted molar refractivity (Wildman–Crippen MR) is 70.8 cm³/mol. The minimum Gasteiger partial charge on any atom is -0.335 e. The third-order valence-electron chi connectivity index (χ3n) is 3.00. The molecule has 1 saturated carbocycles. The number of hydrogen-bond acceptors (Lipinski definition) is 2. The Labute approximate surface area is 110 Å². The van der Waals surface area contributed by atoms with Crippen molar-refractivity contribution in [2.45, 2.75) is 32.7 Å². The standard InChI is InChI=1S/C13H17BrN2O/c1-9(2)16(8-10-5-6-10)13(17)12-11(14)4-3-7-15-12/h3-4,7,9-10H,5-6,8H2,1-2H3. The molecule has 1 heterocycles. The highest BCUT2D eigenvalue weighted by atomic mass is 79.9. The van der Waals surface area contributed by atoms with E-state index in [0.717, 1.165) is 11.0 Å². The summed E-state index contributed by atoms with van der Waals surface area (Å²) in [6.45, 7) is 4.97. The summed E-state index contributed by atoms with van der Waals surface area (Å²) in [6.07, 6.45) is 4.16. The van der Waals surface area contributed by atoms with Crippen LogP contribution in [0.5, 0.6) is 0 Å². The van der Waals surface area contributed by atoms with Crippen LogP contribution in [0.15, 0.2) is 22.8 Å². The second kappa shape index (κ2) is 5.17. The van der Waals surface area contributed by atoms with E-state index in [1.54, 1.807) is 6.20 Å². The lowest BCUT2D eigenvalue weighted by molar-refractivity contribution is 0.0689. The van der Waals surface area contributed by atoms with Crippen molar-refractivity contribution in [3.8, 4) is 0 Å². The summed E-state index contributed by atoms with van der Waals surface area (Å²) < 4.78 is 0.770. The van der Waals surface area contributed by atoms with E-state index in [1.807, 2.05) is 17.0 Å². The normalized spacial score (nSPS) is 15.1. The molecule has 1 fully saturated rings. The van der Waals surface area contributed by atoms with Gasteiger partial charge in [0.1, 0.15) is 5.69 Å². The van der Waals surface area contributed by atoms with Gasteiger partial charge in [-0.05, 0) is 60.7 Å². The van der Waals surface area contributed by atoms with Crippen molar-refractivity contribution in [3.05, 3.63) is 28.5 Å². The molecule has 92 valence electrons. The van der Waals surface area contributed by atoms with Crippen molar-refractivity contribution >= 4 is 21.8 Å². The Morgan fingerprint density at radius 1 is 1.59 bits per heavy atom. The SMILES string of the molecule is CC(C)N(CC1CC1)C(=O)c1ncccc1Br. The maximum absolute atomic E-state index is 12.4. The second-order valence-corrected chi connectivity index (χ2v) is 5.68. The fourth-order valence-corrected chi connectivity index (χ4v) is 2.21. The molecule has 1 aliphatic carbocycles. The largest absolute Gasteiger partial charge is 0.335 e. The first-order chi connectivity index (χ1) is 8.09. The van der Waals surface area contributed by atoms with Crippen LogP contribution < -0.4 is 0 Å². The number of amides is 1. The highest BCUT2D eigenvalue weighted by molar-refractivity contribution is 9.10. The Bertz CT molecular complexity index is 416. The first kappa shape index (κ1) is 12.6. The summed E-state index contributed by atoms with van der Waals surface area (Å²) >= 11 is 3.39. The maximum atomic E-state index is 12.4. The number of carbonyl (C=O) groups excluding carboxylic acids is 1. The number of rotatable bonds is 4.